The zero-order valence-corrected chi connectivity index (χ0v) is 9.32. The molecule has 0 aromatic heterocycles. The van der Waals surface area contributed by atoms with Crippen LogP contribution in [-0.4, -0.2) is 23.7 Å². The average molecular weight is 222 g/mol. The topological polar surface area (TPSA) is 63.6 Å². The summed E-state index contributed by atoms with van der Waals surface area (Å²) in [6.45, 7) is 3.88. The number of aryl methyl sites for hydroxylation is 1. The molecule has 0 amide bonds. The molecule has 0 aliphatic carbocycles. The number of aromatic carboxylic acids is 1. The van der Waals surface area contributed by atoms with Gasteiger partial charge in [0.1, 0.15) is 0 Å². The molecule has 0 saturated heterocycles. The lowest BCUT2D eigenvalue weighted by atomic mass is 10.0. The lowest BCUT2D eigenvalue weighted by Crippen LogP contribution is -2.09. The Morgan fingerprint density at radius 3 is 2.56 bits per heavy atom. The van der Waals surface area contributed by atoms with Crippen LogP contribution in [0.5, 0.6) is 0 Å². The second-order valence-electron chi connectivity index (χ2n) is 3.43. The minimum atomic E-state index is -0.967. The van der Waals surface area contributed by atoms with Crippen molar-refractivity contribution < 1.29 is 19.4 Å². The molecule has 0 fully saturated rings. The molecule has 0 atom stereocenters. The minimum Gasteiger partial charge on any atom is -0.478 e. The van der Waals surface area contributed by atoms with Crippen LogP contribution < -0.4 is 0 Å². The average Bonchev–Trinajstić information content (AvgIpc) is 2.21. The first-order valence-corrected chi connectivity index (χ1v) is 5.03. The van der Waals surface area contributed by atoms with Crippen molar-refractivity contribution in [1.29, 1.82) is 0 Å². The van der Waals surface area contributed by atoms with E-state index < -0.39 is 5.97 Å². The molecule has 1 N–H and O–H groups in total. The molecule has 1 aromatic carbocycles. The summed E-state index contributed by atoms with van der Waals surface area (Å²) in [5, 5.41) is 8.77. The van der Waals surface area contributed by atoms with E-state index in [1.807, 2.05) is 0 Å². The van der Waals surface area contributed by atoms with Crippen molar-refractivity contribution in [3.05, 3.63) is 34.9 Å². The van der Waals surface area contributed by atoms with E-state index in [9.17, 15) is 9.59 Å². The molecule has 4 nitrogen and oxygen atoms in total. The molecular weight excluding hydrogens is 208 g/mol. The van der Waals surface area contributed by atoms with Crippen molar-refractivity contribution in [1.82, 2.24) is 0 Å². The predicted molar refractivity (Wildman–Crippen MR) is 58.5 cm³/mol. The largest absolute Gasteiger partial charge is 0.478 e. The SMILES string of the molecule is CCOC(=O)Cc1ccc(C(=O)O)cc1C. The standard InChI is InChI=1S/C12H14O4/c1-3-16-11(13)7-9-4-5-10(12(14)15)6-8(9)2/h4-6H,3,7H2,1-2H3,(H,14,15). The predicted octanol–water partition coefficient (Wildman–Crippen LogP) is 1.80. The molecule has 0 aliphatic rings. The van der Waals surface area contributed by atoms with Gasteiger partial charge in [0.05, 0.1) is 18.6 Å². The van der Waals surface area contributed by atoms with Crippen LogP contribution in [0.4, 0.5) is 0 Å². The third-order valence-electron chi connectivity index (χ3n) is 2.23. The van der Waals surface area contributed by atoms with E-state index in [1.54, 1.807) is 26.0 Å². The highest BCUT2D eigenvalue weighted by Gasteiger charge is 2.09. The molecule has 1 aromatic rings. The van der Waals surface area contributed by atoms with Crippen molar-refractivity contribution >= 4 is 11.9 Å². The van der Waals surface area contributed by atoms with Gasteiger partial charge in [0, 0.05) is 0 Å². The quantitative estimate of drug-likeness (QED) is 0.789. The summed E-state index contributed by atoms with van der Waals surface area (Å²) in [6.07, 6.45) is 0.180. The molecule has 0 radical (unpaired) electrons. The van der Waals surface area contributed by atoms with E-state index in [0.717, 1.165) is 11.1 Å². The number of hydrogen-bond donors (Lipinski definition) is 1. The Morgan fingerprint density at radius 2 is 2.06 bits per heavy atom. The number of benzene rings is 1. The van der Waals surface area contributed by atoms with E-state index in [4.69, 9.17) is 9.84 Å². The Hall–Kier alpha value is -1.84. The van der Waals surface area contributed by atoms with Crippen molar-refractivity contribution in [2.24, 2.45) is 0 Å². The van der Waals surface area contributed by atoms with Crippen LogP contribution in [0.15, 0.2) is 18.2 Å². The summed E-state index contributed by atoms with van der Waals surface area (Å²) in [7, 11) is 0. The number of carbonyl (C=O) groups is 2. The molecule has 0 saturated carbocycles. The molecule has 0 aliphatic heterocycles. The number of esters is 1. The van der Waals surface area contributed by atoms with Gasteiger partial charge in [-0.1, -0.05) is 6.07 Å². The van der Waals surface area contributed by atoms with E-state index in [2.05, 4.69) is 0 Å². The summed E-state index contributed by atoms with van der Waals surface area (Å²) >= 11 is 0. The molecule has 0 bridgehead atoms. The summed E-state index contributed by atoms with van der Waals surface area (Å²) in [6, 6.07) is 4.69. The van der Waals surface area contributed by atoms with E-state index in [0.29, 0.717) is 6.61 Å². The zero-order valence-electron chi connectivity index (χ0n) is 9.32. The monoisotopic (exact) mass is 222 g/mol. The highest BCUT2D eigenvalue weighted by Crippen LogP contribution is 2.12. The van der Waals surface area contributed by atoms with Gasteiger partial charge in [-0.2, -0.15) is 0 Å². The smallest absolute Gasteiger partial charge is 0.335 e. The minimum absolute atomic E-state index is 0.180. The Labute approximate surface area is 93.9 Å². The van der Waals surface area contributed by atoms with E-state index >= 15 is 0 Å². The number of carboxylic acid groups (broad SMARTS) is 1. The van der Waals surface area contributed by atoms with Gasteiger partial charge in [0.25, 0.3) is 0 Å². The van der Waals surface area contributed by atoms with Gasteiger partial charge in [-0.15, -0.1) is 0 Å². The number of carboxylic acids is 1. The van der Waals surface area contributed by atoms with Gasteiger partial charge >= 0.3 is 11.9 Å². The van der Waals surface area contributed by atoms with Crippen LogP contribution in [0.1, 0.15) is 28.4 Å². The lowest BCUT2D eigenvalue weighted by Gasteiger charge is -2.06. The van der Waals surface area contributed by atoms with Crippen molar-refractivity contribution in [3.8, 4) is 0 Å². The van der Waals surface area contributed by atoms with Crippen molar-refractivity contribution in [2.75, 3.05) is 6.61 Å². The van der Waals surface area contributed by atoms with E-state index in [1.165, 1.54) is 6.07 Å². The molecule has 0 spiro atoms. The third-order valence-corrected chi connectivity index (χ3v) is 2.23. The van der Waals surface area contributed by atoms with Crippen LogP contribution in [0.2, 0.25) is 0 Å². The maximum absolute atomic E-state index is 11.2. The fraction of sp³-hybridized carbons (Fsp3) is 0.333. The number of carbonyl (C=O) groups excluding carboxylic acids is 1. The fourth-order valence-electron chi connectivity index (χ4n) is 1.39. The van der Waals surface area contributed by atoms with Gasteiger partial charge in [-0.05, 0) is 37.1 Å². The zero-order chi connectivity index (χ0) is 12.1. The molecule has 16 heavy (non-hydrogen) atoms. The Bertz CT molecular complexity index is 409. The molecule has 86 valence electrons. The molecule has 0 unspecified atom stereocenters. The third kappa shape index (κ3) is 3.08. The van der Waals surface area contributed by atoms with Crippen LogP contribution in [0.3, 0.4) is 0 Å². The molecule has 1 rings (SSSR count). The second kappa shape index (κ2) is 5.30. The molecule has 4 heteroatoms. The van der Waals surface area contributed by atoms with Crippen LogP contribution in [-0.2, 0) is 16.0 Å². The van der Waals surface area contributed by atoms with Gasteiger partial charge < -0.3 is 9.84 Å². The first-order chi connectivity index (χ1) is 7.54. The Kier molecular flexibility index (Phi) is 4.05. The maximum Gasteiger partial charge on any atom is 0.335 e. The Morgan fingerprint density at radius 1 is 1.38 bits per heavy atom. The highest BCUT2D eigenvalue weighted by atomic mass is 16.5. The fourth-order valence-corrected chi connectivity index (χ4v) is 1.39. The summed E-state index contributed by atoms with van der Waals surface area (Å²) in [5.74, 6) is -1.26. The van der Waals surface area contributed by atoms with Crippen LogP contribution >= 0.6 is 0 Å². The maximum atomic E-state index is 11.2. The van der Waals surface area contributed by atoms with Crippen LogP contribution in [0, 0.1) is 6.92 Å². The van der Waals surface area contributed by atoms with E-state index in [-0.39, 0.29) is 18.0 Å². The van der Waals surface area contributed by atoms with Gasteiger partial charge in [-0.25, -0.2) is 4.79 Å². The van der Waals surface area contributed by atoms with Gasteiger partial charge in [-0.3, -0.25) is 4.79 Å². The summed E-state index contributed by atoms with van der Waals surface area (Å²) < 4.78 is 4.82. The first kappa shape index (κ1) is 12.2. The molecular formula is C12H14O4. The van der Waals surface area contributed by atoms with Gasteiger partial charge in [0.15, 0.2) is 0 Å². The van der Waals surface area contributed by atoms with Crippen molar-refractivity contribution in [2.45, 2.75) is 20.3 Å². The number of hydrogen-bond acceptors (Lipinski definition) is 3. The van der Waals surface area contributed by atoms with Gasteiger partial charge in [0.2, 0.25) is 0 Å². The lowest BCUT2D eigenvalue weighted by molar-refractivity contribution is -0.142. The normalized spacial score (nSPS) is 9.88. The number of rotatable bonds is 4. The van der Waals surface area contributed by atoms with Crippen LogP contribution in [0.25, 0.3) is 0 Å². The summed E-state index contributed by atoms with van der Waals surface area (Å²) in [5.41, 5.74) is 1.81. The second-order valence-corrected chi connectivity index (χ2v) is 3.43. The highest BCUT2D eigenvalue weighted by molar-refractivity contribution is 5.88. The Balaban J connectivity index is 2.83. The first-order valence-electron chi connectivity index (χ1n) is 5.03. The van der Waals surface area contributed by atoms with Crippen molar-refractivity contribution in [3.63, 3.8) is 0 Å². The number of ether oxygens (including phenoxy) is 1. The summed E-state index contributed by atoms with van der Waals surface area (Å²) in [4.78, 5) is 21.9. The molecule has 0 heterocycles.